The molecule has 0 amide bonds. The number of ether oxygens (including phenoxy) is 1. The van der Waals surface area contributed by atoms with Crippen molar-refractivity contribution in [3.05, 3.63) is 34.6 Å². The monoisotopic (exact) mass is 255 g/mol. The van der Waals surface area contributed by atoms with E-state index in [9.17, 15) is 4.79 Å². The lowest BCUT2D eigenvalue weighted by atomic mass is 10.3. The maximum absolute atomic E-state index is 10.6. The molecular weight excluding hydrogens is 246 g/mol. The number of aromatic nitrogens is 1. The topological polar surface area (TPSA) is 39.2 Å². The zero-order valence-electron chi connectivity index (χ0n) is 7.79. The van der Waals surface area contributed by atoms with E-state index in [4.69, 9.17) is 4.74 Å². The Bertz CT molecular complexity index is 363. The summed E-state index contributed by atoms with van der Waals surface area (Å²) in [5, 5.41) is 0. The fraction of sp³-hybridized carbons (Fsp3) is 0.200. The van der Waals surface area contributed by atoms with E-state index in [-0.39, 0.29) is 0 Å². The van der Waals surface area contributed by atoms with Crippen molar-refractivity contribution in [1.29, 1.82) is 0 Å². The van der Waals surface area contributed by atoms with Gasteiger partial charge in [0.15, 0.2) is 6.29 Å². The van der Waals surface area contributed by atoms with Crippen molar-refractivity contribution in [3.8, 4) is 5.75 Å². The first-order valence-corrected chi connectivity index (χ1v) is 4.81. The summed E-state index contributed by atoms with van der Waals surface area (Å²) >= 11 is 3.16. The van der Waals surface area contributed by atoms with Gasteiger partial charge in [-0.05, 0) is 19.1 Å². The number of nitrogens with zero attached hydrogens (tertiary/aromatic N) is 1. The number of aldehydes is 1. The van der Waals surface area contributed by atoms with Gasteiger partial charge in [-0.2, -0.15) is 0 Å². The lowest BCUT2D eigenvalue weighted by molar-refractivity contribution is 0.111. The first kappa shape index (κ1) is 10.9. The van der Waals surface area contributed by atoms with Gasteiger partial charge in [-0.3, -0.25) is 4.79 Å². The Morgan fingerprint density at radius 2 is 2.43 bits per heavy atom. The first-order valence-electron chi connectivity index (χ1n) is 4.02. The Labute approximate surface area is 90.9 Å². The second-order valence-electron chi connectivity index (χ2n) is 2.76. The average Bonchev–Trinajstić information content (AvgIpc) is 2.15. The molecule has 0 aliphatic rings. The van der Waals surface area contributed by atoms with Gasteiger partial charge in [0.25, 0.3) is 0 Å². The minimum atomic E-state index is 0.318. The molecule has 0 bridgehead atoms. The predicted molar refractivity (Wildman–Crippen MR) is 57.9 cm³/mol. The van der Waals surface area contributed by atoms with Crippen LogP contribution in [0.25, 0.3) is 0 Å². The van der Waals surface area contributed by atoms with Crippen molar-refractivity contribution in [3.63, 3.8) is 0 Å². The molecule has 0 atom stereocenters. The van der Waals surface area contributed by atoms with Crippen LogP contribution in [-0.4, -0.2) is 17.9 Å². The highest BCUT2D eigenvalue weighted by atomic mass is 79.9. The molecule has 1 aromatic heterocycles. The lowest BCUT2D eigenvalue weighted by Crippen LogP contribution is -2.01. The molecule has 1 aromatic rings. The number of rotatable bonds is 4. The Kier molecular flexibility index (Phi) is 3.83. The van der Waals surface area contributed by atoms with Gasteiger partial charge >= 0.3 is 0 Å². The van der Waals surface area contributed by atoms with Crippen molar-refractivity contribution in [2.45, 2.75) is 6.92 Å². The van der Waals surface area contributed by atoms with Crippen LogP contribution >= 0.6 is 15.9 Å². The smallest absolute Gasteiger partial charge is 0.172 e. The average molecular weight is 256 g/mol. The molecule has 14 heavy (non-hydrogen) atoms. The molecular formula is C10H10BrNO2. The Hall–Kier alpha value is -1.16. The summed E-state index contributed by atoms with van der Waals surface area (Å²) in [5.74, 6) is 0.478. The van der Waals surface area contributed by atoms with Gasteiger partial charge in [-0.15, -0.1) is 0 Å². The second-order valence-corrected chi connectivity index (χ2v) is 3.88. The maximum atomic E-state index is 10.6. The molecule has 0 saturated carbocycles. The van der Waals surface area contributed by atoms with Gasteiger partial charge < -0.3 is 4.74 Å². The van der Waals surface area contributed by atoms with E-state index in [2.05, 4.69) is 27.5 Å². The predicted octanol–water partition coefficient (Wildman–Crippen LogP) is 2.49. The lowest BCUT2D eigenvalue weighted by Gasteiger charge is -2.06. The van der Waals surface area contributed by atoms with Gasteiger partial charge in [0.1, 0.15) is 18.1 Å². The van der Waals surface area contributed by atoms with Crippen molar-refractivity contribution < 1.29 is 9.53 Å². The largest absolute Gasteiger partial charge is 0.486 e. The number of aryl methyl sites for hydroxylation is 1. The van der Waals surface area contributed by atoms with Gasteiger partial charge in [0.05, 0.1) is 0 Å². The number of hydrogen-bond acceptors (Lipinski definition) is 3. The molecule has 0 radical (unpaired) electrons. The molecule has 0 saturated heterocycles. The molecule has 0 unspecified atom stereocenters. The van der Waals surface area contributed by atoms with E-state index in [0.717, 1.165) is 10.2 Å². The molecule has 0 aliphatic carbocycles. The van der Waals surface area contributed by atoms with Crippen LogP contribution in [-0.2, 0) is 0 Å². The van der Waals surface area contributed by atoms with Crippen LogP contribution in [0.5, 0.6) is 5.75 Å². The summed E-state index contributed by atoms with van der Waals surface area (Å²) in [7, 11) is 0. The molecule has 0 fully saturated rings. The summed E-state index contributed by atoms with van der Waals surface area (Å²) in [6.07, 6.45) is 0.680. The molecule has 1 heterocycles. The van der Waals surface area contributed by atoms with Crippen LogP contribution in [0.2, 0.25) is 0 Å². The molecule has 0 spiro atoms. The van der Waals surface area contributed by atoms with Crippen LogP contribution in [0.1, 0.15) is 16.2 Å². The minimum absolute atomic E-state index is 0.318. The number of carbonyl (C=O) groups excluding carboxylic acids is 1. The van der Waals surface area contributed by atoms with E-state index in [1.807, 2.05) is 6.92 Å². The molecule has 0 aromatic carbocycles. The molecule has 4 heteroatoms. The Morgan fingerprint density at radius 3 is 3.00 bits per heavy atom. The molecule has 3 nitrogen and oxygen atoms in total. The van der Waals surface area contributed by atoms with Crippen LogP contribution in [0.3, 0.4) is 0 Å². The summed E-state index contributed by atoms with van der Waals surface area (Å²) in [6, 6.07) is 3.52. The van der Waals surface area contributed by atoms with E-state index in [0.29, 0.717) is 24.3 Å². The molecule has 1 rings (SSSR count). The third-order valence-corrected chi connectivity index (χ3v) is 1.75. The van der Waals surface area contributed by atoms with Gasteiger partial charge in [0.2, 0.25) is 0 Å². The molecule has 0 N–H and O–H groups in total. The highest BCUT2D eigenvalue weighted by Gasteiger charge is 2.04. The minimum Gasteiger partial charge on any atom is -0.486 e. The molecule has 0 aliphatic heterocycles. The number of hydrogen-bond donors (Lipinski definition) is 0. The summed E-state index contributed by atoms with van der Waals surface area (Å²) < 4.78 is 6.02. The number of pyridine rings is 1. The van der Waals surface area contributed by atoms with E-state index in [1.165, 1.54) is 0 Å². The van der Waals surface area contributed by atoms with Crippen molar-refractivity contribution >= 4 is 22.2 Å². The maximum Gasteiger partial charge on any atom is 0.172 e. The van der Waals surface area contributed by atoms with E-state index >= 15 is 0 Å². The van der Waals surface area contributed by atoms with Crippen molar-refractivity contribution in [2.24, 2.45) is 0 Å². The highest BCUT2D eigenvalue weighted by molar-refractivity contribution is 9.11. The van der Waals surface area contributed by atoms with Crippen molar-refractivity contribution in [1.82, 2.24) is 4.98 Å². The fourth-order valence-electron chi connectivity index (χ4n) is 0.927. The third-order valence-electron chi connectivity index (χ3n) is 1.52. The van der Waals surface area contributed by atoms with Gasteiger partial charge in [0, 0.05) is 10.2 Å². The van der Waals surface area contributed by atoms with E-state index in [1.54, 1.807) is 12.1 Å². The van der Waals surface area contributed by atoms with Gasteiger partial charge in [-0.25, -0.2) is 4.98 Å². The summed E-state index contributed by atoms with van der Waals surface area (Å²) in [5.41, 5.74) is 1.11. The number of halogens is 1. The second kappa shape index (κ2) is 4.91. The van der Waals surface area contributed by atoms with Crippen LogP contribution < -0.4 is 4.74 Å². The summed E-state index contributed by atoms with van der Waals surface area (Å²) in [4.78, 5) is 14.7. The van der Waals surface area contributed by atoms with Crippen molar-refractivity contribution in [2.75, 3.05) is 6.61 Å². The van der Waals surface area contributed by atoms with Crippen LogP contribution in [0.15, 0.2) is 23.2 Å². The fourth-order valence-corrected chi connectivity index (χ4v) is 1.04. The first-order chi connectivity index (χ1) is 6.63. The van der Waals surface area contributed by atoms with Gasteiger partial charge in [-0.1, -0.05) is 22.5 Å². The van der Waals surface area contributed by atoms with Crippen LogP contribution in [0, 0.1) is 6.92 Å². The van der Waals surface area contributed by atoms with Crippen LogP contribution in [0.4, 0.5) is 0 Å². The number of carbonyl (C=O) groups is 1. The SMILES string of the molecule is C=C(Br)COc1ccc(C)nc1C=O. The standard InChI is InChI=1S/C10H10BrNO2/c1-7(11)6-14-10-4-3-8(2)12-9(10)5-13/h3-5H,1,6H2,2H3. The normalized spacial score (nSPS) is 9.57. The third kappa shape index (κ3) is 2.96. The highest BCUT2D eigenvalue weighted by Crippen LogP contribution is 2.16. The molecule has 74 valence electrons. The van der Waals surface area contributed by atoms with E-state index < -0.39 is 0 Å². The Morgan fingerprint density at radius 1 is 1.71 bits per heavy atom. The summed E-state index contributed by atoms with van der Waals surface area (Å²) in [6.45, 7) is 5.77. The zero-order valence-corrected chi connectivity index (χ0v) is 9.37. The zero-order chi connectivity index (χ0) is 10.6. The Balaban J connectivity index is 2.85. The quantitative estimate of drug-likeness (QED) is 0.777.